The lowest BCUT2D eigenvalue weighted by Gasteiger charge is -2.02. The SMILES string of the molecule is CCOO/C=N/c1ccc(OC)cc1C=O. The van der Waals surface area contributed by atoms with Crippen LogP contribution in [0, 0.1) is 0 Å². The first-order chi connectivity index (χ1) is 7.81. The maximum absolute atomic E-state index is 10.8. The van der Waals surface area contributed by atoms with Gasteiger partial charge in [0.1, 0.15) is 5.75 Å². The summed E-state index contributed by atoms with van der Waals surface area (Å²) < 4.78 is 4.99. The second kappa shape index (κ2) is 6.58. The van der Waals surface area contributed by atoms with E-state index in [2.05, 4.69) is 14.8 Å². The monoisotopic (exact) mass is 223 g/mol. The second-order valence-corrected chi connectivity index (χ2v) is 2.78. The van der Waals surface area contributed by atoms with E-state index in [4.69, 9.17) is 4.74 Å². The number of rotatable bonds is 6. The number of aldehydes is 1. The third-order valence-corrected chi connectivity index (χ3v) is 1.78. The van der Waals surface area contributed by atoms with E-state index in [-0.39, 0.29) is 0 Å². The van der Waals surface area contributed by atoms with Gasteiger partial charge in [0, 0.05) is 5.56 Å². The lowest BCUT2D eigenvalue weighted by molar-refractivity contribution is -0.211. The molecule has 16 heavy (non-hydrogen) atoms. The molecule has 0 aliphatic carbocycles. The lowest BCUT2D eigenvalue weighted by Crippen LogP contribution is -1.91. The molecule has 0 atom stereocenters. The first-order valence-corrected chi connectivity index (χ1v) is 4.75. The highest BCUT2D eigenvalue weighted by molar-refractivity contribution is 5.84. The van der Waals surface area contributed by atoms with Crippen molar-refractivity contribution in [2.45, 2.75) is 6.92 Å². The van der Waals surface area contributed by atoms with E-state index in [0.717, 1.165) is 6.40 Å². The Balaban J connectivity index is 2.79. The maximum Gasteiger partial charge on any atom is 0.219 e. The highest BCUT2D eigenvalue weighted by Crippen LogP contribution is 2.22. The van der Waals surface area contributed by atoms with Crippen molar-refractivity contribution in [3.63, 3.8) is 0 Å². The molecule has 0 saturated heterocycles. The molecular formula is C11H13NO4. The zero-order valence-corrected chi connectivity index (χ0v) is 9.17. The molecule has 0 aliphatic rings. The predicted molar refractivity (Wildman–Crippen MR) is 59.2 cm³/mol. The van der Waals surface area contributed by atoms with Gasteiger partial charge in [-0.25, -0.2) is 4.99 Å². The number of nitrogens with zero attached hydrogens (tertiary/aromatic N) is 1. The molecule has 0 N–H and O–H groups in total. The zero-order chi connectivity index (χ0) is 11.8. The smallest absolute Gasteiger partial charge is 0.219 e. The van der Waals surface area contributed by atoms with Gasteiger partial charge in [-0.1, -0.05) is 0 Å². The standard InChI is InChI=1S/C11H13NO4/c1-3-15-16-8-12-11-5-4-10(14-2)6-9(11)7-13/h4-8H,3H2,1-2H3/b12-8+. The molecule has 0 fully saturated rings. The molecule has 0 spiro atoms. The van der Waals surface area contributed by atoms with Gasteiger partial charge in [-0.3, -0.25) is 4.79 Å². The van der Waals surface area contributed by atoms with E-state index in [0.29, 0.717) is 29.9 Å². The minimum absolute atomic E-state index is 0.426. The van der Waals surface area contributed by atoms with Crippen LogP contribution >= 0.6 is 0 Å². The molecule has 1 rings (SSSR count). The summed E-state index contributed by atoms with van der Waals surface area (Å²) in [5.41, 5.74) is 0.922. The number of hydrogen-bond acceptors (Lipinski definition) is 5. The molecular weight excluding hydrogens is 210 g/mol. The third kappa shape index (κ3) is 3.36. The van der Waals surface area contributed by atoms with Crippen molar-refractivity contribution in [1.82, 2.24) is 0 Å². The van der Waals surface area contributed by atoms with Crippen molar-refractivity contribution in [2.75, 3.05) is 13.7 Å². The normalized spacial score (nSPS) is 10.4. The summed E-state index contributed by atoms with van der Waals surface area (Å²) in [5.74, 6) is 0.603. The molecule has 5 nitrogen and oxygen atoms in total. The summed E-state index contributed by atoms with van der Waals surface area (Å²) in [5, 5.41) is 0. The molecule has 1 aromatic rings. The first-order valence-electron chi connectivity index (χ1n) is 4.75. The zero-order valence-electron chi connectivity index (χ0n) is 9.17. The Kier molecular flexibility index (Phi) is 5.01. The summed E-state index contributed by atoms with van der Waals surface area (Å²) in [4.78, 5) is 23.9. The lowest BCUT2D eigenvalue weighted by atomic mass is 10.2. The average molecular weight is 223 g/mol. The van der Waals surface area contributed by atoms with E-state index < -0.39 is 0 Å². The van der Waals surface area contributed by atoms with Gasteiger partial charge < -0.3 is 9.62 Å². The molecule has 0 saturated carbocycles. The fourth-order valence-corrected chi connectivity index (χ4v) is 1.05. The van der Waals surface area contributed by atoms with Crippen LogP contribution in [-0.4, -0.2) is 26.4 Å². The molecule has 86 valence electrons. The highest BCUT2D eigenvalue weighted by Gasteiger charge is 2.01. The van der Waals surface area contributed by atoms with Gasteiger partial charge in [0.25, 0.3) is 0 Å². The van der Waals surface area contributed by atoms with Gasteiger partial charge in [0.05, 0.1) is 19.4 Å². The van der Waals surface area contributed by atoms with Crippen molar-refractivity contribution in [3.05, 3.63) is 23.8 Å². The molecule has 0 aliphatic heterocycles. The molecule has 0 unspecified atom stereocenters. The van der Waals surface area contributed by atoms with Crippen LogP contribution < -0.4 is 4.74 Å². The summed E-state index contributed by atoms with van der Waals surface area (Å²) >= 11 is 0. The van der Waals surface area contributed by atoms with E-state index in [1.165, 1.54) is 7.11 Å². The van der Waals surface area contributed by atoms with E-state index in [1.807, 2.05) is 0 Å². The minimum Gasteiger partial charge on any atom is -0.497 e. The highest BCUT2D eigenvalue weighted by atomic mass is 17.2. The molecule has 1 aromatic carbocycles. The second-order valence-electron chi connectivity index (χ2n) is 2.78. The Labute approximate surface area is 93.6 Å². The van der Waals surface area contributed by atoms with E-state index >= 15 is 0 Å². The number of carbonyl (C=O) groups is 1. The fraction of sp³-hybridized carbons (Fsp3) is 0.273. The van der Waals surface area contributed by atoms with Crippen LogP contribution in [0.1, 0.15) is 17.3 Å². The van der Waals surface area contributed by atoms with Gasteiger partial charge in [0.2, 0.25) is 6.40 Å². The number of ether oxygens (including phenoxy) is 1. The minimum atomic E-state index is 0.426. The topological polar surface area (TPSA) is 57.1 Å². The van der Waals surface area contributed by atoms with E-state index in [9.17, 15) is 4.79 Å². The largest absolute Gasteiger partial charge is 0.497 e. The Morgan fingerprint density at radius 2 is 2.25 bits per heavy atom. The number of carbonyl (C=O) groups excluding carboxylic acids is 1. The third-order valence-electron chi connectivity index (χ3n) is 1.78. The van der Waals surface area contributed by atoms with Gasteiger partial charge >= 0.3 is 0 Å². The number of aliphatic imine (C=N–C) groups is 1. The Morgan fingerprint density at radius 3 is 2.88 bits per heavy atom. The van der Waals surface area contributed by atoms with Crippen molar-refractivity contribution in [3.8, 4) is 5.75 Å². The van der Waals surface area contributed by atoms with Crippen LogP contribution in [-0.2, 0) is 9.78 Å². The molecule has 0 bridgehead atoms. The van der Waals surface area contributed by atoms with Gasteiger partial charge in [-0.2, -0.15) is 4.89 Å². The van der Waals surface area contributed by atoms with E-state index in [1.54, 1.807) is 25.1 Å². The van der Waals surface area contributed by atoms with Crippen LogP contribution in [0.3, 0.4) is 0 Å². The molecule has 0 heterocycles. The molecule has 0 aromatic heterocycles. The number of methoxy groups -OCH3 is 1. The van der Waals surface area contributed by atoms with Crippen LogP contribution in [0.25, 0.3) is 0 Å². The average Bonchev–Trinajstić information content (AvgIpc) is 2.34. The Hall–Kier alpha value is -1.88. The van der Waals surface area contributed by atoms with Crippen LogP contribution in [0.2, 0.25) is 0 Å². The summed E-state index contributed by atoms with van der Waals surface area (Å²) in [7, 11) is 1.53. The molecule has 5 heteroatoms. The predicted octanol–water partition coefficient (Wildman–Crippen LogP) is 2.14. The van der Waals surface area contributed by atoms with Crippen LogP contribution in [0.5, 0.6) is 5.75 Å². The molecule has 0 radical (unpaired) electrons. The summed E-state index contributed by atoms with van der Waals surface area (Å²) in [6.45, 7) is 2.22. The van der Waals surface area contributed by atoms with Crippen molar-refractivity contribution >= 4 is 18.4 Å². The molecule has 0 amide bonds. The van der Waals surface area contributed by atoms with Gasteiger partial charge in [0.15, 0.2) is 6.29 Å². The van der Waals surface area contributed by atoms with Crippen molar-refractivity contribution < 1.29 is 19.3 Å². The Morgan fingerprint density at radius 1 is 1.44 bits per heavy atom. The number of benzene rings is 1. The van der Waals surface area contributed by atoms with Crippen LogP contribution in [0.15, 0.2) is 23.2 Å². The first kappa shape index (κ1) is 12.2. The summed E-state index contributed by atoms with van der Waals surface area (Å²) in [6.07, 6.45) is 1.84. The van der Waals surface area contributed by atoms with Crippen molar-refractivity contribution in [2.24, 2.45) is 4.99 Å². The maximum atomic E-state index is 10.8. The summed E-state index contributed by atoms with van der Waals surface area (Å²) in [6, 6.07) is 4.97. The van der Waals surface area contributed by atoms with Gasteiger partial charge in [-0.05, 0) is 25.1 Å². The van der Waals surface area contributed by atoms with Crippen LogP contribution in [0.4, 0.5) is 5.69 Å². The quantitative estimate of drug-likeness (QED) is 0.185. The van der Waals surface area contributed by atoms with Crippen molar-refractivity contribution in [1.29, 1.82) is 0 Å². The number of hydrogen-bond donors (Lipinski definition) is 0. The fourth-order valence-electron chi connectivity index (χ4n) is 1.05. The Bertz CT molecular complexity index is 376. The van der Waals surface area contributed by atoms with Gasteiger partial charge in [-0.15, -0.1) is 0 Å².